The molecule has 1 nitrogen and oxygen atoms in total. The second-order valence-corrected chi connectivity index (χ2v) is 12.3. The molecule has 0 N–H and O–H groups in total. The monoisotopic (exact) mass is 296 g/mol. The molecule has 2 heteroatoms. The summed E-state index contributed by atoms with van der Waals surface area (Å²) in [7, 11) is -1.60. The van der Waals surface area contributed by atoms with Gasteiger partial charge in [0.1, 0.15) is 0 Å². The lowest BCUT2D eigenvalue weighted by atomic mass is 10.1. The highest BCUT2D eigenvalue weighted by molar-refractivity contribution is 6.74. The largest absolute Gasteiger partial charge is 0.416 e. The zero-order valence-corrected chi connectivity index (χ0v) is 16.0. The zero-order chi connectivity index (χ0) is 15.8. The summed E-state index contributed by atoms with van der Waals surface area (Å²) in [6.45, 7) is 19.0. The summed E-state index contributed by atoms with van der Waals surface area (Å²) in [5.74, 6) is 0.486. The third-order valence-electron chi connectivity index (χ3n) is 4.17. The fourth-order valence-electron chi connectivity index (χ4n) is 1.70. The minimum Gasteiger partial charge on any atom is -0.416 e. The smallest absolute Gasteiger partial charge is 0.192 e. The van der Waals surface area contributed by atoms with Gasteiger partial charge in [0.25, 0.3) is 0 Å². The van der Waals surface area contributed by atoms with E-state index in [1.807, 2.05) is 0 Å². The number of allylic oxidation sites excluding steroid dienone is 3. The van der Waals surface area contributed by atoms with Crippen LogP contribution in [0.2, 0.25) is 18.1 Å². The molecule has 0 aliphatic heterocycles. The third-order valence-corrected chi connectivity index (χ3v) is 8.67. The predicted octanol–water partition coefficient (Wildman–Crippen LogP) is 6.34. The Morgan fingerprint density at radius 1 is 1.25 bits per heavy atom. The summed E-state index contributed by atoms with van der Waals surface area (Å²) >= 11 is 0. The van der Waals surface area contributed by atoms with Crippen molar-refractivity contribution in [2.75, 3.05) is 6.61 Å². The maximum atomic E-state index is 6.27. The van der Waals surface area contributed by atoms with Crippen LogP contribution in [0.3, 0.4) is 0 Å². The molecule has 0 rings (SSSR count). The van der Waals surface area contributed by atoms with Crippen molar-refractivity contribution in [2.24, 2.45) is 5.92 Å². The number of hydrogen-bond acceptors (Lipinski definition) is 1. The van der Waals surface area contributed by atoms with E-state index in [1.54, 1.807) is 0 Å². The lowest BCUT2D eigenvalue weighted by Crippen LogP contribution is -2.41. The van der Waals surface area contributed by atoms with E-state index in [2.05, 4.69) is 72.9 Å². The van der Waals surface area contributed by atoms with Crippen LogP contribution in [0.15, 0.2) is 23.8 Å². The molecule has 1 atom stereocenters. The van der Waals surface area contributed by atoms with Crippen molar-refractivity contribution in [3.8, 4) is 0 Å². The van der Waals surface area contributed by atoms with E-state index < -0.39 is 8.32 Å². The number of unbranched alkanes of at least 4 members (excludes halogenated alkanes) is 2. The minimum atomic E-state index is -1.60. The van der Waals surface area contributed by atoms with Gasteiger partial charge < -0.3 is 4.43 Å². The first-order valence-corrected chi connectivity index (χ1v) is 11.0. The van der Waals surface area contributed by atoms with E-state index in [0.29, 0.717) is 11.0 Å². The van der Waals surface area contributed by atoms with Crippen molar-refractivity contribution in [1.29, 1.82) is 0 Å². The van der Waals surface area contributed by atoms with Gasteiger partial charge in [-0.3, -0.25) is 0 Å². The molecule has 0 aromatic carbocycles. The maximum Gasteiger partial charge on any atom is 0.192 e. The van der Waals surface area contributed by atoms with Gasteiger partial charge in [0, 0.05) is 6.61 Å². The van der Waals surface area contributed by atoms with E-state index in [0.717, 1.165) is 6.61 Å². The van der Waals surface area contributed by atoms with Gasteiger partial charge in [-0.2, -0.15) is 0 Å². The highest BCUT2D eigenvalue weighted by Gasteiger charge is 2.37. The summed E-state index contributed by atoms with van der Waals surface area (Å²) in [5.41, 5.74) is 1.35. The van der Waals surface area contributed by atoms with Crippen LogP contribution in [0, 0.1) is 5.92 Å². The van der Waals surface area contributed by atoms with Crippen LogP contribution < -0.4 is 0 Å². The molecule has 0 spiro atoms. The Bertz CT molecular complexity index is 321. The molecule has 0 amide bonds. The van der Waals surface area contributed by atoms with Crippen LogP contribution in [0.1, 0.15) is 60.8 Å². The van der Waals surface area contributed by atoms with Crippen LogP contribution in [-0.2, 0) is 4.43 Å². The molecular formula is C18H36OSi. The van der Waals surface area contributed by atoms with Crippen molar-refractivity contribution in [1.82, 2.24) is 0 Å². The summed E-state index contributed by atoms with van der Waals surface area (Å²) in [6.07, 6.45) is 10.6. The number of rotatable bonds is 8. The molecular weight excluding hydrogens is 260 g/mol. The second kappa shape index (κ2) is 8.84. The topological polar surface area (TPSA) is 9.23 Å². The van der Waals surface area contributed by atoms with Crippen LogP contribution in [0.25, 0.3) is 0 Å². The van der Waals surface area contributed by atoms with E-state index in [1.165, 1.54) is 24.8 Å². The molecule has 0 heterocycles. The molecule has 118 valence electrons. The van der Waals surface area contributed by atoms with E-state index in [9.17, 15) is 0 Å². The fraction of sp³-hybridized carbons (Fsp3) is 0.778. The SMILES string of the molecule is CCCC/C=C/C(C)=C\[C@@H](C)CO[Si](C)(C)C(C)(C)C. The van der Waals surface area contributed by atoms with Crippen molar-refractivity contribution >= 4 is 8.32 Å². The average molecular weight is 297 g/mol. The average Bonchev–Trinajstić information content (AvgIpc) is 2.31. The van der Waals surface area contributed by atoms with E-state index in [4.69, 9.17) is 4.43 Å². The molecule has 0 aromatic heterocycles. The molecule has 0 fully saturated rings. The Kier molecular flexibility index (Phi) is 8.68. The van der Waals surface area contributed by atoms with Crippen LogP contribution in [-0.4, -0.2) is 14.9 Å². The molecule has 0 radical (unpaired) electrons. The first-order valence-electron chi connectivity index (χ1n) is 8.09. The molecule has 0 bridgehead atoms. The highest BCUT2D eigenvalue weighted by Crippen LogP contribution is 2.36. The van der Waals surface area contributed by atoms with Gasteiger partial charge in [-0.05, 0) is 37.4 Å². The Morgan fingerprint density at radius 2 is 1.85 bits per heavy atom. The fourth-order valence-corrected chi connectivity index (χ4v) is 2.81. The van der Waals surface area contributed by atoms with Crippen LogP contribution in [0.4, 0.5) is 0 Å². The van der Waals surface area contributed by atoms with Crippen molar-refractivity contribution in [3.63, 3.8) is 0 Å². The van der Waals surface area contributed by atoms with Gasteiger partial charge in [-0.15, -0.1) is 0 Å². The molecule has 0 aliphatic rings. The predicted molar refractivity (Wildman–Crippen MR) is 94.7 cm³/mol. The Balaban J connectivity index is 4.28. The Morgan fingerprint density at radius 3 is 2.35 bits per heavy atom. The summed E-state index contributed by atoms with van der Waals surface area (Å²) < 4.78 is 6.27. The van der Waals surface area contributed by atoms with Gasteiger partial charge in [-0.1, -0.05) is 71.3 Å². The highest BCUT2D eigenvalue weighted by atomic mass is 28.4. The summed E-state index contributed by atoms with van der Waals surface area (Å²) in [6, 6.07) is 0. The number of hydrogen-bond donors (Lipinski definition) is 0. The molecule has 0 unspecified atom stereocenters. The van der Waals surface area contributed by atoms with Gasteiger partial charge >= 0.3 is 0 Å². The lowest BCUT2D eigenvalue weighted by Gasteiger charge is -2.36. The van der Waals surface area contributed by atoms with Gasteiger partial charge in [-0.25, -0.2) is 0 Å². The normalized spacial score (nSPS) is 15.9. The lowest BCUT2D eigenvalue weighted by molar-refractivity contribution is 0.259. The molecule has 0 aliphatic carbocycles. The second-order valence-electron chi connectivity index (χ2n) is 7.50. The van der Waals surface area contributed by atoms with Gasteiger partial charge in [0.2, 0.25) is 0 Å². The standard InChI is InChI=1S/C18H36OSi/c1-9-10-11-12-13-16(2)14-17(3)15-19-20(7,8)18(4,5)6/h12-14,17H,9-11,15H2,1-8H3/b13-12+,16-14-/t17-/m1/s1. The van der Waals surface area contributed by atoms with E-state index in [-0.39, 0.29) is 0 Å². The van der Waals surface area contributed by atoms with Crippen molar-refractivity contribution < 1.29 is 4.43 Å². The first-order chi connectivity index (χ1) is 9.10. The van der Waals surface area contributed by atoms with Crippen LogP contribution >= 0.6 is 0 Å². The van der Waals surface area contributed by atoms with Crippen LogP contribution in [0.5, 0.6) is 0 Å². The quantitative estimate of drug-likeness (QED) is 0.288. The third kappa shape index (κ3) is 8.06. The maximum absolute atomic E-state index is 6.27. The molecule has 20 heavy (non-hydrogen) atoms. The summed E-state index contributed by atoms with van der Waals surface area (Å²) in [5, 5.41) is 0.297. The molecule has 0 saturated carbocycles. The van der Waals surface area contributed by atoms with Crippen molar-refractivity contribution in [2.45, 2.75) is 78.9 Å². The summed E-state index contributed by atoms with van der Waals surface area (Å²) in [4.78, 5) is 0. The minimum absolute atomic E-state index is 0.297. The van der Waals surface area contributed by atoms with E-state index >= 15 is 0 Å². The van der Waals surface area contributed by atoms with Gasteiger partial charge in [0.05, 0.1) is 0 Å². The molecule has 0 aromatic rings. The first kappa shape index (κ1) is 19.7. The Hall–Kier alpha value is -0.343. The Labute approximate surface area is 128 Å². The zero-order valence-electron chi connectivity index (χ0n) is 15.0. The molecule has 0 saturated heterocycles. The van der Waals surface area contributed by atoms with Gasteiger partial charge in [0.15, 0.2) is 8.32 Å². The van der Waals surface area contributed by atoms with Crippen molar-refractivity contribution in [3.05, 3.63) is 23.8 Å².